The highest BCUT2D eigenvalue weighted by atomic mass is 35.7. The van der Waals surface area contributed by atoms with Gasteiger partial charge in [0.25, 0.3) is 0 Å². The fraction of sp³-hybridized carbons (Fsp3) is 0.227. The number of hydroxylamine groups is 1. The molecule has 2 atom stereocenters. The summed E-state index contributed by atoms with van der Waals surface area (Å²) in [6.07, 6.45) is 0. The van der Waals surface area contributed by atoms with E-state index in [9.17, 15) is 9.36 Å². The van der Waals surface area contributed by atoms with Gasteiger partial charge in [0.2, 0.25) is 0 Å². The average Bonchev–Trinajstić information content (AvgIpc) is 2.71. The van der Waals surface area contributed by atoms with Crippen LogP contribution in [0.5, 0.6) is 5.75 Å². The SMILES string of the molecule is CC(C)[C@H](NOCc1ccccc1)C(=O)OP(=O)(Cl)Oc1cccc2ccccc12. The van der Waals surface area contributed by atoms with E-state index in [4.69, 9.17) is 25.1 Å². The largest absolute Gasteiger partial charge is 0.532 e. The first-order valence-electron chi connectivity index (χ1n) is 9.47. The van der Waals surface area contributed by atoms with Crippen molar-refractivity contribution in [2.75, 3.05) is 0 Å². The molecule has 30 heavy (non-hydrogen) atoms. The third kappa shape index (κ3) is 6.07. The number of carbonyl (C=O) groups excluding carboxylic acids is 1. The summed E-state index contributed by atoms with van der Waals surface area (Å²) in [6, 6.07) is 21.2. The number of fused-ring (bicyclic) bond motifs is 1. The van der Waals surface area contributed by atoms with E-state index < -0.39 is 19.0 Å². The zero-order valence-electron chi connectivity index (χ0n) is 16.7. The Balaban J connectivity index is 1.64. The first kappa shape index (κ1) is 22.3. The smallest absolute Gasteiger partial charge is 0.404 e. The molecule has 6 nitrogen and oxygen atoms in total. The van der Waals surface area contributed by atoms with Gasteiger partial charge < -0.3 is 9.05 Å². The average molecular weight is 448 g/mol. The Bertz CT molecular complexity index is 1040. The quantitative estimate of drug-likeness (QED) is 0.327. The number of rotatable bonds is 9. The third-order valence-electron chi connectivity index (χ3n) is 4.37. The second-order valence-electron chi connectivity index (χ2n) is 7.02. The molecule has 0 heterocycles. The number of hydrogen-bond donors (Lipinski definition) is 1. The van der Waals surface area contributed by atoms with Gasteiger partial charge in [0.15, 0.2) is 0 Å². The highest BCUT2D eigenvalue weighted by Crippen LogP contribution is 2.54. The molecule has 3 aromatic rings. The van der Waals surface area contributed by atoms with Crippen molar-refractivity contribution in [3.05, 3.63) is 78.4 Å². The zero-order valence-corrected chi connectivity index (χ0v) is 18.3. The van der Waals surface area contributed by atoms with Crippen molar-refractivity contribution in [2.24, 2.45) is 5.92 Å². The molecular weight excluding hydrogens is 425 g/mol. The van der Waals surface area contributed by atoms with Crippen molar-refractivity contribution in [3.8, 4) is 5.75 Å². The van der Waals surface area contributed by atoms with E-state index in [1.54, 1.807) is 32.0 Å². The van der Waals surface area contributed by atoms with Gasteiger partial charge in [-0.25, -0.2) is 9.36 Å². The Morgan fingerprint density at radius 1 is 1.00 bits per heavy atom. The molecule has 3 rings (SSSR count). The van der Waals surface area contributed by atoms with E-state index in [2.05, 4.69) is 5.48 Å². The standard InChI is InChI=1S/C22H23ClNO5P/c1-16(2)21(24-27-15-17-9-4-3-5-10-17)22(25)29-30(23,26)28-20-14-8-12-18-11-6-7-13-19(18)20/h3-14,16,21,24H,15H2,1-2H3/t21-,30?/m0/s1. The Morgan fingerprint density at radius 2 is 1.67 bits per heavy atom. The van der Waals surface area contributed by atoms with Crippen LogP contribution >= 0.6 is 18.2 Å². The van der Waals surface area contributed by atoms with Crippen molar-refractivity contribution in [1.29, 1.82) is 0 Å². The number of benzene rings is 3. The van der Waals surface area contributed by atoms with Gasteiger partial charge in [-0.1, -0.05) is 80.6 Å². The van der Waals surface area contributed by atoms with Crippen molar-refractivity contribution in [2.45, 2.75) is 26.5 Å². The van der Waals surface area contributed by atoms with Crippen LogP contribution in [0.2, 0.25) is 0 Å². The Hall–Kier alpha value is -2.37. The maximum absolute atomic E-state index is 12.7. The molecule has 0 spiro atoms. The molecule has 1 unspecified atom stereocenters. The molecule has 0 saturated carbocycles. The van der Waals surface area contributed by atoms with Gasteiger partial charge in [-0.15, -0.1) is 0 Å². The van der Waals surface area contributed by atoms with Crippen LogP contribution in [0.3, 0.4) is 0 Å². The van der Waals surface area contributed by atoms with Crippen LogP contribution < -0.4 is 10.0 Å². The minimum atomic E-state index is -4.23. The van der Waals surface area contributed by atoms with Crippen molar-refractivity contribution in [3.63, 3.8) is 0 Å². The van der Waals surface area contributed by atoms with E-state index in [0.717, 1.165) is 10.9 Å². The molecule has 0 aliphatic rings. The van der Waals surface area contributed by atoms with Crippen molar-refractivity contribution in [1.82, 2.24) is 5.48 Å². The molecule has 3 aromatic carbocycles. The van der Waals surface area contributed by atoms with Crippen LogP contribution in [0.25, 0.3) is 10.8 Å². The van der Waals surface area contributed by atoms with Crippen LogP contribution in [-0.4, -0.2) is 12.0 Å². The summed E-state index contributed by atoms with van der Waals surface area (Å²) in [5.41, 5.74) is 3.61. The molecule has 0 radical (unpaired) electrons. The number of hydrogen-bond acceptors (Lipinski definition) is 6. The van der Waals surface area contributed by atoms with Gasteiger partial charge >= 0.3 is 12.9 Å². The fourth-order valence-corrected chi connectivity index (χ4v) is 4.01. The third-order valence-corrected chi connectivity index (χ3v) is 5.60. The monoisotopic (exact) mass is 447 g/mol. The summed E-state index contributed by atoms with van der Waals surface area (Å²) in [7, 11) is 0. The van der Waals surface area contributed by atoms with Crippen LogP contribution in [0, 0.1) is 5.92 Å². The lowest BCUT2D eigenvalue weighted by Crippen LogP contribution is -2.41. The summed E-state index contributed by atoms with van der Waals surface area (Å²) < 4.78 is 23.1. The number of nitrogens with one attached hydrogen (secondary N) is 1. The van der Waals surface area contributed by atoms with Crippen LogP contribution in [0.15, 0.2) is 72.8 Å². The second-order valence-corrected chi connectivity index (χ2v) is 9.49. The van der Waals surface area contributed by atoms with E-state index in [-0.39, 0.29) is 18.3 Å². The van der Waals surface area contributed by atoms with E-state index in [1.807, 2.05) is 54.6 Å². The van der Waals surface area contributed by atoms with Gasteiger partial charge in [-0.3, -0.25) is 4.84 Å². The molecule has 0 aromatic heterocycles. The van der Waals surface area contributed by atoms with Gasteiger partial charge in [0.1, 0.15) is 11.8 Å². The minimum Gasteiger partial charge on any atom is -0.404 e. The number of carbonyl (C=O) groups is 1. The summed E-state index contributed by atoms with van der Waals surface area (Å²) >= 11 is 5.97. The Kier molecular flexibility index (Phi) is 7.51. The van der Waals surface area contributed by atoms with Gasteiger partial charge in [-0.2, -0.15) is 5.48 Å². The van der Waals surface area contributed by atoms with Gasteiger partial charge in [0, 0.05) is 16.6 Å². The summed E-state index contributed by atoms with van der Waals surface area (Å²) in [5.74, 6) is -0.757. The lowest BCUT2D eigenvalue weighted by atomic mass is 10.1. The molecule has 1 N–H and O–H groups in total. The fourth-order valence-electron chi connectivity index (χ4n) is 2.82. The molecule has 0 aliphatic heterocycles. The molecule has 8 heteroatoms. The van der Waals surface area contributed by atoms with E-state index in [1.165, 1.54) is 0 Å². The second kappa shape index (κ2) is 10.1. The van der Waals surface area contributed by atoms with Crippen LogP contribution in [-0.2, 0) is 25.3 Å². The first-order valence-corrected chi connectivity index (χ1v) is 11.9. The highest BCUT2D eigenvalue weighted by Gasteiger charge is 2.34. The molecular formula is C22H23ClNO5P. The first-order chi connectivity index (χ1) is 14.4. The van der Waals surface area contributed by atoms with Gasteiger partial charge in [-0.05, 0) is 22.9 Å². The Morgan fingerprint density at radius 3 is 2.40 bits per heavy atom. The van der Waals surface area contributed by atoms with E-state index in [0.29, 0.717) is 5.39 Å². The summed E-state index contributed by atoms with van der Waals surface area (Å²) in [6.45, 7) is -0.377. The van der Waals surface area contributed by atoms with Crippen LogP contribution in [0.4, 0.5) is 0 Å². The maximum Gasteiger partial charge on any atom is 0.532 e. The molecule has 0 aliphatic carbocycles. The predicted octanol–water partition coefficient (Wildman–Crippen LogP) is 5.85. The summed E-state index contributed by atoms with van der Waals surface area (Å²) in [5, 5.41) is 1.59. The molecule has 0 saturated heterocycles. The minimum absolute atomic E-state index is 0.206. The zero-order chi connectivity index (χ0) is 21.6. The normalized spacial score (nSPS) is 14.3. The molecule has 0 bridgehead atoms. The van der Waals surface area contributed by atoms with Gasteiger partial charge in [0.05, 0.1) is 6.61 Å². The lowest BCUT2D eigenvalue weighted by Gasteiger charge is -2.22. The topological polar surface area (TPSA) is 73.9 Å². The Labute approximate surface area is 180 Å². The number of halogens is 1. The van der Waals surface area contributed by atoms with E-state index >= 15 is 0 Å². The van der Waals surface area contributed by atoms with Crippen LogP contribution in [0.1, 0.15) is 19.4 Å². The molecule has 0 amide bonds. The maximum atomic E-state index is 12.7. The highest BCUT2D eigenvalue weighted by molar-refractivity contribution is 7.82. The predicted molar refractivity (Wildman–Crippen MR) is 117 cm³/mol. The lowest BCUT2D eigenvalue weighted by molar-refractivity contribution is -0.143. The molecule has 158 valence electrons. The molecule has 0 fully saturated rings. The summed E-state index contributed by atoms with van der Waals surface area (Å²) in [4.78, 5) is 18.0. The van der Waals surface area contributed by atoms with Crippen molar-refractivity contribution >= 4 is 34.9 Å². The van der Waals surface area contributed by atoms with Crippen molar-refractivity contribution < 1.29 is 23.2 Å².